The van der Waals surface area contributed by atoms with Crippen molar-refractivity contribution in [2.45, 2.75) is 12.8 Å². The van der Waals surface area contributed by atoms with Crippen LogP contribution >= 0.6 is 0 Å². The maximum Gasteiger partial charge on any atom is 0.309 e. The number of benzene rings is 2. The lowest BCUT2D eigenvalue weighted by atomic mass is 9.85. The Morgan fingerprint density at radius 1 is 0.957 bits per heavy atom. The zero-order valence-corrected chi connectivity index (χ0v) is 12.5. The lowest BCUT2D eigenvalue weighted by molar-refractivity contribution is -0.141. The van der Waals surface area contributed by atoms with Crippen LogP contribution in [0, 0.1) is 11.8 Å². The van der Waals surface area contributed by atoms with Crippen molar-refractivity contribution in [2.75, 3.05) is 6.61 Å². The Balaban J connectivity index is 1.75. The van der Waals surface area contributed by atoms with E-state index in [9.17, 15) is 20.1 Å². The number of carbonyl (C=O) groups is 1. The van der Waals surface area contributed by atoms with Gasteiger partial charge < -0.3 is 20.1 Å². The fraction of sp³-hybridized carbons (Fsp3) is 0.278. The van der Waals surface area contributed by atoms with Gasteiger partial charge in [-0.05, 0) is 48.2 Å². The van der Waals surface area contributed by atoms with Crippen LogP contribution in [0.15, 0.2) is 42.5 Å². The first-order chi connectivity index (χ1) is 11.0. The maximum atomic E-state index is 12.0. The van der Waals surface area contributed by atoms with Gasteiger partial charge in [-0.25, -0.2) is 0 Å². The Morgan fingerprint density at radius 3 is 2.48 bits per heavy atom. The van der Waals surface area contributed by atoms with Gasteiger partial charge in [0.15, 0.2) is 11.5 Å². The van der Waals surface area contributed by atoms with Crippen molar-refractivity contribution < 1.29 is 24.9 Å². The molecule has 1 aliphatic heterocycles. The molecule has 0 bridgehead atoms. The van der Waals surface area contributed by atoms with E-state index in [-0.39, 0.29) is 35.1 Å². The second-order valence-corrected chi connectivity index (χ2v) is 5.90. The van der Waals surface area contributed by atoms with E-state index in [2.05, 4.69) is 0 Å². The van der Waals surface area contributed by atoms with E-state index in [0.717, 1.165) is 11.1 Å². The molecule has 1 aliphatic rings. The van der Waals surface area contributed by atoms with Crippen LogP contribution in [0.1, 0.15) is 11.1 Å². The number of carbonyl (C=O) groups excluding carboxylic acids is 1. The van der Waals surface area contributed by atoms with E-state index in [4.69, 9.17) is 4.74 Å². The zero-order chi connectivity index (χ0) is 16.4. The summed E-state index contributed by atoms with van der Waals surface area (Å²) < 4.78 is 5.19. The number of ether oxygens (including phenoxy) is 1. The second-order valence-electron chi connectivity index (χ2n) is 5.90. The highest BCUT2D eigenvalue weighted by atomic mass is 16.5. The summed E-state index contributed by atoms with van der Waals surface area (Å²) in [6.45, 7) is 0.350. The van der Waals surface area contributed by atoms with E-state index >= 15 is 0 Å². The zero-order valence-electron chi connectivity index (χ0n) is 12.5. The Morgan fingerprint density at radius 2 is 1.74 bits per heavy atom. The van der Waals surface area contributed by atoms with Crippen LogP contribution in [0.4, 0.5) is 0 Å². The predicted octanol–water partition coefficient (Wildman–Crippen LogP) is 2.38. The molecule has 2 aromatic rings. The molecule has 0 radical (unpaired) electrons. The standard InChI is InChI=1S/C18H18O5/c19-14-3-1-2-11(7-14)6-13-10-23-18(22)15(13)8-12-4-5-16(20)17(21)9-12/h1-5,7,9,13,15,19-21H,6,8,10H2/t13-,15+/m0/s1. The molecule has 0 aliphatic carbocycles. The molecule has 23 heavy (non-hydrogen) atoms. The van der Waals surface area contributed by atoms with E-state index in [0.29, 0.717) is 19.4 Å². The summed E-state index contributed by atoms with van der Waals surface area (Å²) in [5.74, 6) is -0.713. The number of hydrogen-bond donors (Lipinski definition) is 3. The average Bonchev–Trinajstić information content (AvgIpc) is 2.84. The Hall–Kier alpha value is -2.69. The van der Waals surface area contributed by atoms with Crippen molar-refractivity contribution in [2.24, 2.45) is 11.8 Å². The lowest BCUT2D eigenvalue weighted by Gasteiger charge is -2.15. The number of rotatable bonds is 4. The monoisotopic (exact) mass is 314 g/mol. The van der Waals surface area contributed by atoms with Crippen LogP contribution in [-0.2, 0) is 22.4 Å². The first-order valence-corrected chi connectivity index (χ1v) is 7.48. The summed E-state index contributed by atoms with van der Waals surface area (Å²) in [4.78, 5) is 12.0. The third kappa shape index (κ3) is 3.39. The van der Waals surface area contributed by atoms with Crippen molar-refractivity contribution in [1.29, 1.82) is 0 Å². The molecule has 5 heteroatoms. The molecule has 5 nitrogen and oxygen atoms in total. The molecule has 1 saturated heterocycles. The average molecular weight is 314 g/mol. The smallest absolute Gasteiger partial charge is 0.309 e. The predicted molar refractivity (Wildman–Crippen MR) is 83.2 cm³/mol. The highest BCUT2D eigenvalue weighted by molar-refractivity contribution is 5.75. The quantitative estimate of drug-likeness (QED) is 0.596. The molecule has 0 amide bonds. The van der Waals surface area contributed by atoms with Crippen LogP contribution in [0.3, 0.4) is 0 Å². The van der Waals surface area contributed by atoms with Crippen molar-refractivity contribution in [1.82, 2.24) is 0 Å². The Labute approximate surface area is 133 Å². The van der Waals surface area contributed by atoms with Gasteiger partial charge >= 0.3 is 5.97 Å². The van der Waals surface area contributed by atoms with E-state index in [1.54, 1.807) is 24.3 Å². The minimum absolute atomic E-state index is 0.0141. The molecular weight excluding hydrogens is 296 g/mol. The van der Waals surface area contributed by atoms with Gasteiger partial charge in [0, 0.05) is 5.92 Å². The summed E-state index contributed by atoms with van der Waals surface area (Å²) >= 11 is 0. The molecule has 0 aromatic heterocycles. The SMILES string of the molecule is O=C1OC[C@H](Cc2cccc(O)c2)[C@H]1Cc1ccc(O)c(O)c1. The van der Waals surface area contributed by atoms with Crippen molar-refractivity contribution in [3.05, 3.63) is 53.6 Å². The van der Waals surface area contributed by atoms with E-state index < -0.39 is 0 Å². The molecule has 1 heterocycles. The molecule has 3 rings (SSSR count). The van der Waals surface area contributed by atoms with Crippen LogP contribution in [0.2, 0.25) is 0 Å². The molecule has 0 spiro atoms. The Kier molecular flexibility index (Phi) is 4.10. The fourth-order valence-electron chi connectivity index (χ4n) is 2.99. The molecule has 120 valence electrons. The van der Waals surface area contributed by atoms with Crippen LogP contribution < -0.4 is 0 Å². The third-order valence-electron chi connectivity index (χ3n) is 4.22. The van der Waals surface area contributed by atoms with Gasteiger partial charge in [-0.15, -0.1) is 0 Å². The van der Waals surface area contributed by atoms with Gasteiger partial charge in [0.1, 0.15) is 5.75 Å². The molecule has 0 unspecified atom stereocenters. The molecule has 1 fully saturated rings. The first kappa shape index (κ1) is 15.2. The van der Waals surface area contributed by atoms with Gasteiger partial charge in [0.2, 0.25) is 0 Å². The van der Waals surface area contributed by atoms with E-state index in [1.807, 2.05) is 6.07 Å². The van der Waals surface area contributed by atoms with Crippen LogP contribution in [0.5, 0.6) is 17.2 Å². The molecule has 2 aromatic carbocycles. The fourth-order valence-corrected chi connectivity index (χ4v) is 2.99. The summed E-state index contributed by atoms with van der Waals surface area (Å²) in [6.07, 6.45) is 1.07. The topological polar surface area (TPSA) is 87.0 Å². The van der Waals surface area contributed by atoms with Crippen molar-refractivity contribution in [3.8, 4) is 17.2 Å². The van der Waals surface area contributed by atoms with Gasteiger partial charge in [0.05, 0.1) is 12.5 Å². The normalized spacial score (nSPS) is 20.4. The van der Waals surface area contributed by atoms with Crippen molar-refractivity contribution >= 4 is 5.97 Å². The van der Waals surface area contributed by atoms with Crippen LogP contribution in [0.25, 0.3) is 0 Å². The lowest BCUT2D eigenvalue weighted by Crippen LogP contribution is -2.20. The molecule has 0 saturated carbocycles. The maximum absolute atomic E-state index is 12.0. The number of cyclic esters (lactones) is 1. The van der Waals surface area contributed by atoms with Crippen LogP contribution in [-0.4, -0.2) is 27.9 Å². The number of esters is 1. The third-order valence-corrected chi connectivity index (χ3v) is 4.22. The minimum Gasteiger partial charge on any atom is -0.508 e. The number of phenols is 3. The summed E-state index contributed by atoms with van der Waals surface area (Å²) in [6, 6.07) is 11.5. The van der Waals surface area contributed by atoms with Gasteiger partial charge in [-0.2, -0.15) is 0 Å². The number of phenolic OH excluding ortho intramolecular Hbond substituents is 3. The van der Waals surface area contributed by atoms with E-state index in [1.165, 1.54) is 12.1 Å². The van der Waals surface area contributed by atoms with Gasteiger partial charge in [-0.3, -0.25) is 4.79 Å². The summed E-state index contributed by atoms with van der Waals surface area (Å²) in [5, 5.41) is 28.5. The summed E-state index contributed by atoms with van der Waals surface area (Å²) in [5.41, 5.74) is 1.72. The Bertz CT molecular complexity index is 725. The van der Waals surface area contributed by atoms with Crippen molar-refractivity contribution in [3.63, 3.8) is 0 Å². The largest absolute Gasteiger partial charge is 0.508 e. The number of aromatic hydroxyl groups is 3. The molecule has 3 N–H and O–H groups in total. The second kappa shape index (κ2) is 6.20. The van der Waals surface area contributed by atoms with Gasteiger partial charge in [0.25, 0.3) is 0 Å². The molecule has 2 atom stereocenters. The highest BCUT2D eigenvalue weighted by Crippen LogP contribution is 2.32. The summed E-state index contributed by atoms with van der Waals surface area (Å²) in [7, 11) is 0. The molecular formula is C18H18O5. The highest BCUT2D eigenvalue weighted by Gasteiger charge is 2.36. The number of hydrogen-bond acceptors (Lipinski definition) is 5. The van der Waals surface area contributed by atoms with Gasteiger partial charge in [-0.1, -0.05) is 18.2 Å². The minimum atomic E-state index is -0.304. The first-order valence-electron chi connectivity index (χ1n) is 7.48.